The summed E-state index contributed by atoms with van der Waals surface area (Å²) in [7, 11) is 0. The number of fused-ring (bicyclic) bond motifs is 1. The van der Waals surface area contributed by atoms with Crippen molar-refractivity contribution in [2.75, 3.05) is 6.61 Å². The molecule has 24 heavy (non-hydrogen) atoms. The van der Waals surface area contributed by atoms with E-state index in [1.165, 1.54) is 12.1 Å². The molecule has 0 radical (unpaired) electrons. The van der Waals surface area contributed by atoms with E-state index >= 15 is 0 Å². The van der Waals surface area contributed by atoms with Crippen LogP contribution in [0.15, 0.2) is 12.1 Å². The number of halogens is 3. The summed E-state index contributed by atoms with van der Waals surface area (Å²) in [5, 5.41) is -0.0193. The van der Waals surface area contributed by atoms with Crippen LogP contribution in [0.3, 0.4) is 0 Å². The van der Waals surface area contributed by atoms with Crippen LogP contribution in [0.4, 0.5) is 9.18 Å². The zero-order chi connectivity index (χ0) is 18.2. The maximum atomic E-state index is 14.4. The Morgan fingerprint density at radius 2 is 1.96 bits per heavy atom. The van der Waals surface area contributed by atoms with Crippen LogP contribution in [0, 0.1) is 9.39 Å². The lowest BCUT2D eigenvalue weighted by Crippen LogP contribution is -2.29. The van der Waals surface area contributed by atoms with Crippen molar-refractivity contribution in [3.63, 3.8) is 0 Å². The molecule has 0 saturated carbocycles. The molecule has 0 fully saturated rings. The lowest BCUT2D eigenvalue weighted by Gasteiger charge is -2.20. The van der Waals surface area contributed by atoms with E-state index in [0.29, 0.717) is 0 Å². The number of benzene rings is 1. The summed E-state index contributed by atoms with van der Waals surface area (Å²) in [6.07, 6.45) is -0.791. The lowest BCUT2D eigenvalue weighted by molar-refractivity contribution is 0.0452. The van der Waals surface area contributed by atoms with Crippen LogP contribution >= 0.6 is 34.2 Å². The van der Waals surface area contributed by atoms with Crippen LogP contribution < -0.4 is 0 Å². The van der Waals surface area contributed by atoms with Gasteiger partial charge >= 0.3 is 12.1 Å². The Morgan fingerprint density at radius 3 is 2.50 bits per heavy atom. The number of hydrogen-bond acceptors (Lipinski definition) is 4. The molecule has 0 spiro atoms. The molecule has 0 aliphatic rings. The minimum Gasteiger partial charge on any atom is -0.461 e. The number of carbonyl (C=O) groups is 2. The summed E-state index contributed by atoms with van der Waals surface area (Å²) in [6.45, 7) is 6.85. The van der Waals surface area contributed by atoms with Gasteiger partial charge in [-0.3, -0.25) is 0 Å². The van der Waals surface area contributed by atoms with Crippen LogP contribution in [0.1, 0.15) is 38.2 Å². The van der Waals surface area contributed by atoms with E-state index in [1.54, 1.807) is 50.3 Å². The van der Waals surface area contributed by atoms with Gasteiger partial charge in [-0.25, -0.2) is 18.5 Å². The number of aromatic nitrogens is 1. The molecule has 0 unspecified atom stereocenters. The molecule has 0 N–H and O–H groups in total. The molecule has 8 heteroatoms. The third-order valence-electron chi connectivity index (χ3n) is 3.01. The first-order valence-electron chi connectivity index (χ1n) is 7.16. The molecule has 130 valence electrons. The van der Waals surface area contributed by atoms with Gasteiger partial charge in [0.2, 0.25) is 0 Å². The largest absolute Gasteiger partial charge is 0.461 e. The SMILES string of the molecule is CCOC(=O)c1c(I)c2c(F)c(Cl)ccc2n1C(=O)OC(C)(C)C. The smallest absolute Gasteiger partial charge is 0.419 e. The normalized spacial score (nSPS) is 11.6. The number of esters is 1. The van der Waals surface area contributed by atoms with Crippen LogP contribution in [0.25, 0.3) is 10.9 Å². The average Bonchev–Trinajstić information content (AvgIpc) is 2.75. The molecular weight excluding hydrogens is 452 g/mol. The van der Waals surface area contributed by atoms with E-state index in [0.717, 1.165) is 4.57 Å². The molecule has 2 aromatic rings. The number of hydrogen-bond donors (Lipinski definition) is 0. The quantitative estimate of drug-likeness (QED) is 0.461. The highest BCUT2D eigenvalue weighted by Crippen LogP contribution is 2.34. The second-order valence-electron chi connectivity index (χ2n) is 5.95. The van der Waals surface area contributed by atoms with Crippen molar-refractivity contribution in [3.8, 4) is 0 Å². The molecule has 0 bridgehead atoms. The predicted octanol–water partition coefficient (Wildman–Crippen LogP) is 5.00. The topological polar surface area (TPSA) is 57.5 Å². The summed E-state index contributed by atoms with van der Waals surface area (Å²) in [5.41, 5.74) is -0.669. The highest BCUT2D eigenvalue weighted by atomic mass is 127. The molecule has 0 atom stereocenters. The zero-order valence-corrected chi connectivity index (χ0v) is 16.5. The van der Waals surface area contributed by atoms with Gasteiger partial charge in [0, 0.05) is 0 Å². The zero-order valence-electron chi connectivity index (χ0n) is 13.6. The molecule has 1 aromatic carbocycles. The Bertz CT molecular complexity index is 826. The van der Waals surface area contributed by atoms with Crippen LogP contribution in [0.2, 0.25) is 5.02 Å². The monoisotopic (exact) mass is 467 g/mol. The average molecular weight is 468 g/mol. The Morgan fingerprint density at radius 1 is 1.33 bits per heavy atom. The van der Waals surface area contributed by atoms with E-state index in [1.807, 2.05) is 0 Å². The summed E-state index contributed by atoms with van der Waals surface area (Å²) in [4.78, 5) is 24.9. The summed E-state index contributed by atoms with van der Waals surface area (Å²) in [6, 6.07) is 2.79. The van der Waals surface area contributed by atoms with Crippen LogP contribution in [-0.2, 0) is 9.47 Å². The van der Waals surface area contributed by atoms with Crippen molar-refractivity contribution < 1.29 is 23.5 Å². The van der Waals surface area contributed by atoms with E-state index in [-0.39, 0.29) is 31.8 Å². The molecule has 0 aliphatic heterocycles. The number of ether oxygens (including phenoxy) is 2. The van der Waals surface area contributed by atoms with Gasteiger partial charge in [0.1, 0.15) is 5.60 Å². The first-order chi connectivity index (χ1) is 11.1. The summed E-state index contributed by atoms with van der Waals surface area (Å²) in [5.74, 6) is -1.44. The van der Waals surface area contributed by atoms with Crippen molar-refractivity contribution in [2.45, 2.75) is 33.3 Å². The van der Waals surface area contributed by atoms with E-state index in [2.05, 4.69) is 0 Å². The third kappa shape index (κ3) is 3.51. The second-order valence-corrected chi connectivity index (χ2v) is 7.44. The Hall–Kier alpha value is -1.35. The van der Waals surface area contributed by atoms with Gasteiger partial charge in [0.25, 0.3) is 0 Å². The maximum Gasteiger partial charge on any atom is 0.419 e. The summed E-state index contributed by atoms with van der Waals surface area (Å²) >= 11 is 7.63. The number of carbonyl (C=O) groups excluding carboxylic acids is 2. The molecule has 1 heterocycles. The predicted molar refractivity (Wildman–Crippen MR) is 97.2 cm³/mol. The minimum atomic E-state index is -0.791. The maximum absolute atomic E-state index is 14.4. The van der Waals surface area contributed by atoms with Gasteiger partial charge in [0.15, 0.2) is 11.5 Å². The Balaban J connectivity index is 2.79. The van der Waals surface area contributed by atoms with E-state index < -0.39 is 23.5 Å². The lowest BCUT2D eigenvalue weighted by atomic mass is 10.2. The number of nitrogens with zero attached hydrogens (tertiary/aromatic N) is 1. The van der Waals surface area contributed by atoms with Crippen molar-refractivity contribution in [2.24, 2.45) is 0 Å². The van der Waals surface area contributed by atoms with Crippen molar-refractivity contribution in [1.82, 2.24) is 4.57 Å². The van der Waals surface area contributed by atoms with Gasteiger partial charge in [-0.1, -0.05) is 11.6 Å². The fraction of sp³-hybridized carbons (Fsp3) is 0.375. The Labute approximate surface area is 157 Å². The van der Waals surface area contributed by atoms with Crippen LogP contribution in [0.5, 0.6) is 0 Å². The molecule has 1 aromatic heterocycles. The fourth-order valence-electron chi connectivity index (χ4n) is 2.15. The summed E-state index contributed by atoms with van der Waals surface area (Å²) < 4.78 is 26.1. The van der Waals surface area contributed by atoms with Crippen molar-refractivity contribution >= 4 is 57.2 Å². The Kier molecular flexibility index (Phi) is 5.44. The molecule has 0 amide bonds. The highest BCUT2D eigenvalue weighted by Gasteiger charge is 2.31. The van der Waals surface area contributed by atoms with Gasteiger partial charge in [-0.15, -0.1) is 0 Å². The second kappa shape index (κ2) is 6.87. The van der Waals surface area contributed by atoms with Gasteiger partial charge in [-0.2, -0.15) is 0 Å². The molecular formula is C16H16ClFINO4. The standard InChI is InChI=1S/C16H16ClFINO4/c1-5-23-14(21)13-12(19)10-9(7-6-8(17)11(10)18)20(13)15(22)24-16(2,3)4/h6-7H,5H2,1-4H3. The van der Waals surface area contributed by atoms with Gasteiger partial charge < -0.3 is 9.47 Å². The molecule has 5 nitrogen and oxygen atoms in total. The first kappa shape index (κ1) is 19.0. The van der Waals surface area contributed by atoms with Crippen molar-refractivity contribution in [1.29, 1.82) is 0 Å². The number of rotatable bonds is 2. The fourth-order valence-corrected chi connectivity index (χ4v) is 3.28. The van der Waals surface area contributed by atoms with E-state index in [4.69, 9.17) is 21.1 Å². The molecule has 2 rings (SSSR count). The third-order valence-corrected chi connectivity index (χ3v) is 4.35. The molecule has 0 aliphatic carbocycles. The highest BCUT2D eigenvalue weighted by molar-refractivity contribution is 14.1. The molecule has 0 saturated heterocycles. The first-order valence-corrected chi connectivity index (χ1v) is 8.62. The van der Waals surface area contributed by atoms with Crippen molar-refractivity contribution in [3.05, 3.63) is 32.2 Å². The van der Waals surface area contributed by atoms with Crippen LogP contribution in [-0.4, -0.2) is 28.8 Å². The van der Waals surface area contributed by atoms with E-state index in [9.17, 15) is 14.0 Å². The minimum absolute atomic E-state index is 0.0806. The van der Waals surface area contributed by atoms with Gasteiger partial charge in [-0.05, 0) is 62.4 Å². The van der Waals surface area contributed by atoms with Gasteiger partial charge in [0.05, 0.1) is 26.1 Å².